The average Bonchev–Trinajstić information content (AvgIpc) is 1.42. The highest BCUT2D eigenvalue weighted by Gasteiger charge is 2.27. The van der Waals surface area contributed by atoms with E-state index in [9.17, 15) is 9.13 Å². The van der Waals surface area contributed by atoms with E-state index in [0.717, 1.165) is 4.48 Å². The van der Waals surface area contributed by atoms with Crippen LogP contribution in [0.2, 0.25) is 0 Å². The van der Waals surface area contributed by atoms with Crippen LogP contribution in [0.25, 0.3) is 0 Å². The van der Waals surface area contributed by atoms with E-state index in [2.05, 4.69) is 32.5 Å². The van der Waals surface area contributed by atoms with Crippen molar-refractivity contribution in [2.24, 2.45) is 0 Å². The molecule has 0 bridgehead atoms. The van der Waals surface area contributed by atoms with E-state index in [0.29, 0.717) is 0 Å². The third kappa shape index (κ3) is 39.8. The number of hydrogen-bond acceptors (Lipinski definition) is 3. The second-order valence-electron chi connectivity index (χ2n) is 3.75. The van der Waals surface area contributed by atoms with Gasteiger partial charge in [0.15, 0.2) is 0 Å². The van der Waals surface area contributed by atoms with E-state index in [1.54, 1.807) is 0 Å². The van der Waals surface area contributed by atoms with Crippen LogP contribution < -0.4 is 0 Å². The zero-order valence-electron chi connectivity index (χ0n) is 8.36. The van der Waals surface area contributed by atoms with E-state index in [1.807, 2.05) is 0 Å². The predicted molar refractivity (Wildman–Crippen MR) is 49.1 cm³/mol. The molecule has 0 saturated carbocycles. The summed E-state index contributed by atoms with van der Waals surface area (Å²) in [6, 6.07) is 0. The molecule has 0 atom stereocenters. The molecule has 14 heavy (non-hydrogen) atoms. The number of nitrogens with zero attached hydrogens (tertiary/aromatic N) is 1. The number of quaternary nitrogens is 1. The molecular weight excluding hydrogens is 236 g/mol. The standard InChI is InChI=1S/C4H12N.H4O7P2/c1-5(2,3)4;1-8(2,3)7-9(4,5)6/h1-4H3;(H2,1,2,3)(H2,4,5,6)/q+1;. The van der Waals surface area contributed by atoms with Crippen molar-refractivity contribution in [1.82, 2.24) is 0 Å². The summed E-state index contributed by atoms with van der Waals surface area (Å²) < 4.78 is 23.2. The SMILES string of the molecule is C[N+](C)(C)C.O=P(O)(O)OP(=O)(O)O. The minimum Gasteiger partial charge on any atom is -0.333 e. The van der Waals surface area contributed by atoms with Crippen LogP contribution in [0.15, 0.2) is 0 Å². The van der Waals surface area contributed by atoms with Crippen molar-refractivity contribution in [1.29, 1.82) is 0 Å². The lowest BCUT2D eigenvalue weighted by atomic mass is 10.8. The highest BCUT2D eigenvalue weighted by atomic mass is 31.3. The fourth-order valence-corrected chi connectivity index (χ4v) is 1.25. The van der Waals surface area contributed by atoms with Gasteiger partial charge in [0.25, 0.3) is 0 Å². The van der Waals surface area contributed by atoms with Gasteiger partial charge in [0.1, 0.15) is 0 Å². The van der Waals surface area contributed by atoms with Gasteiger partial charge < -0.3 is 24.1 Å². The Hall–Kier alpha value is 0.220. The Labute approximate surface area is 82.2 Å². The van der Waals surface area contributed by atoms with Crippen LogP contribution in [-0.4, -0.2) is 52.2 Å². The summed E-state index contributed by atoms with van der Waals surface area (Å²) in [5, 5.41) is 0. The molecule has 4 N–H and O–H groups in total. The Morgan fingerprint density at radius 2 is 1.00 bits per heavy atom. The fraction of sp³-hybridized carbons (Fsp3) is 1.00. The van der Waals surface area contributed by atoms with Crippen LogP contribution in [-0.2, 0) is 13.4 Å². The van der Waals surface area contributed by atoms with Crippen LogP contribution in [0.1, 0.15) is 0 Å². The van der Waals surface area contributed by atoms with Gasteiger partial charge in [-0.2, -0.15) is 4.31 Å². The monoisotopic (exact) mass is 252 g/mol. The molecule has 0 unspecified atom stereocenters. The van der Waals surface area contributed by atoms with Crippen LogP contribution in [0, 0.1) is 0 Å². The summed E-state index contributed by atoms with van der Waals surface area (Å²) in [4.78, 5) is 31.0. The maximum absolute atomic E-state index is 9.63. The molecule has 0 aromatic heterocycles. The third-order valence-corrected chi connectivity index (χ3v) is 1.91. The van der Waals surface area contributed by atoms with Gasteiger partial charge in [-0.15, -0.1) is 0 Å². The van der Waals surface area contributed by atoms with E-state index >= 15 is 0 Å². The van der Waals surface area contributed by atoms with Gasteiger partial charge in [-0.1, -0.05) is 0 Å². The summed E-state index contributed by atoms with van der Waals surface area (Å²) in [5.41, 5.74) is 0. The Kier molecular flexibility index (Phi) is 6.35. The lowest BCUT2D eigenvalue weighted by Gasteiger charge is -2.14. The highest BCUT2D eigenvalue weighted by Crippen LogP contribution is 2.53. The van der Waals surface area contributed by atoms with E-state index in [4.69, 9.17) is 19.6 Å². The number of rotatable bonds is 2. The van der Waals surface area contributed by atoms with Crippen molar-refractivity contribution < 1.29 is 37.5 Å². The lowest BCUT2D eigenvalue weighted by Crippen LogP contribution is -2.27. The molecular formula is C4H16NO7P2+. The lowest BCUT2D eigenvalue weighted by molar-refractivity contribution is -0.849. The van der Waals surface area contributed by atoms with Crippen molar-refractivity contribution in [3.05, 3.63) is 0 Å². The molecule has 0 amide bonds. The van der Waals surface area contributed by atoms with Crippen molar-refractivity contribution in [3.8, 4) is 0 Å². The van der Waals surface area contributed by atoms with Crippen molar-refractivity contribution in [3.63, 3.8) is 0 Å². The molecule has 10 heteroatoms. The Bertz CT molecular complexity index is 221. The van der Waals surface area contributed by atoms with Gasteiger partial charge >= 0.3 is 15.6 Å². The molecule has 0 rings (SSSR count). The quantitative estimate of drug-likeness (QED) is 0.386. The topological polar surface area (TPSA) is 124 Å². The first-order valence-electron chi connectivity index (χ1n) is 3.32. The second kappa shape index (κ2) is 5.34. The van der Waals surface area contributed by atoms with Crippen LogP contribution in [0.3, 0.4) is 0 Å². The van der Waals surface area contributed by atoms with Crippen LogP contribution in [0.4, 0.5) is 0 Å². The molecule has 88 valence electrons. The maximum atomic E-state index is 9.63. The molecule has 0 aliphatic heterocycles. The van der Waals surface area contributed by atoms with Crippen molar-refractivity contribution in [2.45, 2.75) is 0 Å². The molecule has 0 aliphatic carbocycles. The van der Waals surface area contributed by atoms with Crippen molar-refractivity contribution in [2.75, 3.05) is 28.2 Å². The van der Waals surface area contributed by atoms with Gasteiger partial charge in [0.2, 0.25) is 0 Å². The first-order chi connectivity index (χ1) is 5.71. The van der Waals surface area contributed by atoms with Gasteiger partial charge in [0, 0.05) is 0 Å². The van der Waals surface area contributed by atoms with E-state index in [-0.39, 0.29) is 0 Å². The van der Waals surface area contributed by atoms with Crippen LogP contribution >= 0.6 is 15.6 Å². The second-order valence-corrected chi connectivity index (χ2v) is 6.36. The van der Waals surface area contributed by atoms with Gasteiger partial charge in [-0.05, 0) is 0 Å². The summed E-state index contributed by atoms with van der Waals surface area (Å²) >= 11 is 0. The summed E-state index contributed by atoms with van der Waals surface area (Å²) in [5.74, 6) is 0. The first kappa shape index (κ1) is 16.6. The molecule has 0 radical (unpaired) electrons. The fourth-order valence-electron chi connectivity index (χ4n) is 0.139. The number of phosphoric acid groups is 2. The largest absolute Gasteiger partial charge is 0.478 e. The summed E-state index contributed by atoms with van der Waals surface area (Å²) in [6.45, 7) is 0. The average molecular weight is 252 g/mol. The molecule has 8 nitrogen and oxygen atoms in total. The predicted octanol–water partition coefficient (Wildman–Crippen LogP) is -0.489. The molecule has 0 spiro atoms. The van der Waals surface area contributed by atoms with Crippen LogP contribution in [0.5, 0.6) is 0 Å². The molecule has 0 fully saturated rings. The van der Waals surface area contributed by atoms with E-state index in [1.165, 1.54) is 0 Å². The summed E-state index contributed by atoms with van der Waals surface area (Å²) in [6.07, 6.45) is 0. The molecule has 0 aromatic rings. The molecule has 0 heterocycles. The summed E-state index contributed by atoms with van der Waals surface area (Å²) in [7, 11) is -1.60. The zero-order valence-corrected chi connectivity index (χ0v) is 10.1. The van der Waals surface area contributed by atoms with Gasteiger partial charge in [0.05, 0.1) is 28.2 Å². The zero-order chi connectivity index (χ0) is 12.2. The highest BCUT2D eigenvalue weighted by molar-refractivity contribution is 7.60. The van der Waals surface area contributed by atoms with Gasteiger partial charge in [-0.3, -0.25) is 0 Å². The number of hydrogen-bond donors (Lipinski definition) is 4. The minimum absolute atomic E-state index is 1.00. The minimum atomic E-state index is -5.05. The Balaban J connectivity index is 0. The smallest absolute Gasteiger partial charge is 0.333 e. The third-order valence-electron chi connectivity index (χ3n) is 0.213. The maximum Gasteiger partial charge on any atom is 0.478 e. The molecule has 0 aliphatic rings. The first-order valence-corrected chi connectivity index (χ1v) is 6.38. The Morgan fingerprint density at radius 1 is 0.857 bits per heavy atom. The van der Waals surface area contributed by atoms with Crippen molar-refractivity contribution >= 4 is 15.6 Å². The molecule has 0 aromatic carbocycles. The molecule has 0 saturated heterocycles. The van der Waals surface area contributed by atoms with E-state index < -0.39 is 15.6 Å². The Morgan fingerprint density at radius 3 is 1.00 bits per heavy atom. The normalized spacial score (nSPS) is 13.1. The van der Waals surface area contributed by atoms with Gasteiger partial charge in [-0.25, -0.2) is 9.13 Å².